The van der Waals surface area contributed by atoms with E-state index in [1.54, 1.807) is 0 Å². The molecule has 2 fully saturated rings. The SMILES string of the molecule is CCNC(=NCC(C)CN1CCCCC1)NC1CCN(C(=O)CC)C1.I. The largest absolute Gasteiger partial charge is 0.357 e. The van der Waals surface area contributed by atoms with Crippen LogP contribution in [0.1, 0.15) is 52.9 Å². The Balaban J connectivity index is 0.00000338. The molecule has 6 nitrogen and oxygen atoms in total. The van der Waals surface area contributed by atoms with Crippen molar-refractivity contribution in [1.29, 1.82) is 0 Å². The Labute approximate surface area is 176 Å². The Morgan fingerprint density at radius 2 is 1.92 bits per heavy atom. The molecule has 0 bridgehead atoms. The summed E-state index contributed by atoms with van der Waals surface area (Å²) in [5.74, 6) is 1.71. The maximum atomic E-state index is 11.8. The maximum Gasteiger partial charge on any atom is 0.222 e. The number of hydrogen-bond donors (Lipinski definition) is 2. The van der Waals surface area contributed by atoms with Crippen molar-refractivity contribution in [2.75, 3.05) is 45.8 Å². The summed E-state index contributed by atoms with van der Waals surface area (Å²) in [4.78, 5) is 21.2. The highest BCUT2D eigenvalue weighted by Gasteiger charge is 2.25. The van der Waals surface area contributed by atoms with Gasteiger partial charge < -0.3 is 20.4 Å². The summed E-state index contributed by atoms with van der Waals surface area (Å²) < 4.78 is 0. The number of carbonyl (C=O) groups excluding carboxylic acids is 1. The van der Waals surface area contributed by atoms with Gasteiger partial charge in [-0.2, -0.15) is 0 Å². The fraction of sp³-hybridized carbons (Fsp3) is 0.895. The third kappa shape index (κ3) is 7.98. The first-order chi connectivity index (χ1) is 12.1. The highest BCUT2D eigenvalue weighted by atomic mass is 127. The highest BCUT2D eigenvalue weighted by molar-refractivity contribution is 14.0. The van der Waals surface area contributed by atoms with Crippen LogP contribution in [0.25, 0.3) is 0 Å². The molecule has 2 aliphatic rings. The Kier molecular flexibility index (Phi) is 11.5. The number of aliphatic imine (C=N–C) groups is 1. The van der Waals surface area contributed by atoms with E-state index in [2.05, 4.69) is 29.4 Å². The van der Waals surface area contributed by atoms with Crippen molar-refractivity contribution in [2.24, 2.45) is 10.9 Å². The minimum absolute atomic E-state index is 0. The molecule has 0 radical (unpaired) electrons. The van der Waals surface area contributed by atoms with Crippen LogP contribution in [-0.4, -0.2) is 73.5 Å². The Morgan fingerprint density at radius 1 is 1.19 bits per heavy atom. The van der Waals surface area contributed by atoms with Crippen LogP contribution < -0.4 is 10.6 Å². The lowest BCUT2D eigenvalue weighted by Gasteiger charge is -2.28. The van der Waals surface area contributed by atoms with Crippen LogP contribution in [0.3, 0.4) is 0 Å². The van der Waals surface area contributed by atoms with E-state index in [-0.39, 0.29) is 29.9 Å². The van der Waals surface area contributed by atoms with Gasteiger partial charge in [0.25, 0.3) is 0 Å². The van der Waals surface area contributed by atoms with Crippen LogP contribution in [0, 0.1) is 5.92 Å². The summed E-state index contributed by atoms with van der Waals surface area (Å²) in [5.41, 5.74) is 0. The van der Waals surface area contributed by atoms with Crippen molar-refractivity contribution in [1.82, 2.24) is 20.4 Å². The summed E-state index contributed by atoms with van der Waals surface area (Å²) in [6.07, 6.45) is 5.66. The van der Waals surface area contributed by atoms with Crippen molar-refractivity contribution in [3.63, 3.8) is 0 Å². The molecule has 2 aliphatic heterocycles. The number of rotatable bonds is 7. The minimum atomic E-state index is 0. The predicted molar refractivity (Wildman–Crippen MR) is 119 cm³/mol. The standard InChI is InChI=1S/C19H37N5O.HI/c1-4-18(25)24-12-9-17(15-24)22-19(20-5-2)21-13-16(3)14-23-10-7-6-8-11-23;/h16-17H,4-15H2,1-3H3,(H2,20,21,22);1H. The fourth-order valence-electron chi connectivity index (χ4n) is 3.73. The highest BCUT2D eigenvalue weighted by Crippen LogP contribution is 2.12. The van der Waals surface area contributed by atoms with Crippen LogP contribution in [-0.2, 0) is 4.79 Å². The van der Waals surface area contributed by atoms with Gasteiger partial charge in [-0.15, -0.1) is 24.0 Å². The van der Waals surface area contributed by atoms with Crippen LogP contribution in [0.5, 0.6) is 0 Å². The van der Waals surface area contributed by atoms with Gasteiger partial charge in [-0.05, 0) is 45.2 Å². The molecular formula is C19H38IN5O. The number of halogens is 1. The maximum absolute atomic E-state index is 11.8. The summed E-state index contributed by atoms with van der Waals surface area (Å²) >= 11 is 0. The number of piperidine rings is 1. The predicted octanol–water partition coefficient (Wildman–Crippen LogP) is 2.29. The minimum Gasteiger partial charge on any atom is -0.357 e. The zero-order valence-corrected chi connectivity index (χ0v) is 19.1. The van der Waals surface area contributed by atoms with Crippen molar-refractivity contribution in [2.45, 2.75) is 58.9 Å². The normalized spacial score (nSPS) is 22.7. The zero-order chi connectivity index (χ0) is 18.1. The average Bonchev–Trinajstić information content (AvgIpc) is 3.08. The number of nitrogens with zero attached hydrogens (tertiary/aromatic N) is 3. The van der Waals surface area contributed by atoms with E-state index in [1.807, 2.05) is 11.8 Å². The first kappa shape index (κ1) is 23.5. The van der Waals surface area contributed by atoms with Crippen molar-refractivity contribution >= 4 is 35.8 Å². The van der Waals surface area contributed by atoms with Gasteiger partial charge in [-0.3, -0.25) is 9.79 Å². The smallest absolute Gasteiger partial charge is 0.222 e. The summed E-state index contributed by atoms with van der Waals surface area (Å²) in [6, 6.07) is 0.311. The molecule has 0 aromatic carbocycles. The molecule has 0 saturated carbocycles. The van der Waals surface area contributed by atoms with Gasteiger partial charge in [-0.25, -0.2) is 0 Å². The van der Waals surface area contributed by atoms with E-state index in [0.29, 0.717) is 18.4 Å². The molecule has 7 heteroatoms. The molecule has 0 aliphatic carbocycles. The lowest BCUT2D eigenvalue weighted by atomic mass is 10.1. The third-order valence-electron chi connectivity index (χ3n) is 5.11. The molecule has 2 rings (SSSR count). The number of guanidine groups is 1. The number of likely N-dealkylation sites (tertiary alicyclic amines) is 2. The Bertz CT molecular complexity index is 440. The fourth-order valence-corrected chi connectivity index (χ4v) is 3.73. The van der Waals surface area contributed by atoms with Gasteiger partial charge in [0.15, 0.2) is 5.96 Å². The lowest BCUT2D eigenvalue weighted by Crippen LogP contribution is -2.45. The van der Waals surface area contributed by atoms with Gasteiger partial charge in [0.2, 0.25) is 5.91 Å². The monoisotopic (exact) mass is 479 g/mol. The van der Waals surface area contributed by atoms with E-state index in [9.17, 15) is 4.79 Å². The first-order valence-corrected chi connectivity index (χ1v) is 10.2. The number of carbonyl (C=O) groups is 1. The van der Waals surface area contributed by atoms with E-state index in [4.69, 9.17) is 4.99 Å². The summed E-state index contributed by atoms with van der Waals surface area (Å²) in [6.45, 7) is 13.3. The molecule has 2 saturated heterocycles. The van der Waals surface area contributed by atoms with Gasteiger partial charge in [-0.1, -0.05) is 20.3 Å². The van der Waals surface area contributed by atoms with Gasteiger partial charge in [0.05, 0.1) is 0 Å². The van der Waals surface area contributed by atoms with Gasteiger partial charge >= 0.3 is 0 Å². The quantitative estimate of drug-likeness (QED) is 0.334. The second-order valence-corrected chi connectivity index (χ2v) is 7.51. The lowest BCUT2D eigenvalue weighted by molar-refractivity contribution is -0.129. The summed E-state index contributed by atoms with van der Waals surface area (Å²) in [5, 5.41) is 6.86. The topological polar surface area (TPSA) is 60.0 Å². The zero-order valence-electron chi connectivity index (χ0n) is 16.8. The molecular weight excluding hydrogens is 441 g/mol. The Hall–Kier alpha value is -0.570. The van der Waals surface area contributed by atoms with Gasteiger partial charge in [0, 0.05) is 45.2 Å². The van der Waals surface area contributed by atoms with Crippen molar-refractivity contribution in [3.8, 4) is 0 Å². The van der Waals surface area contributed by atoms with E-state index in [0.717, 1.165) is 45.1 Å². The molecule has 0 spiro atoms. The molecule has 1 amide bonds. The van der Waals surface area contributed by atoms with E-state index < -0.39 is 0 Å². The molecule has 2 heterocycles. The number of amides is 1. The third-order valence-corrected chi connectivity index (χ3v) is 5.11. The molecule has 0 aromatic rings. The number of nitrogens with one attached hydrogen (secondary N) is 2. The van der Waals surface area contributed by atoms with E-state index >= 15 is 0 Å². The van der Waals surface area contributed by atoms with E-state index in [1.165, 1.54) is 32.4 Å². The molecule has 2 atom stereocenters. The molecule has 0 aromatic heterocycles. The van der Waals surface area contributed by atoms with Crippen molar-refractivity contribution < 1.29 is 4.79 Å². The van der Waals surface area contributed by atoms with Crippen LogP contribution in [0.4, 0.5) is 0 Å². The van der Waals surface area contributed by atoms with Crippen LogP contribution in [0.15, 0.2) is 4.99 Å². The molecule has 2 N–H and O–H groups in total. The molecule has 152 valence electrons. The first-order valence-electron chi connectivity index (χ1n) is 10.2. The second kappa shape index (κ2) is 12.8. The number of hydrogen-bond acceptors (Lipinski definition) is 3. The van der Waals surface area contributed by atoms with Crippen LogP contribution >= 0.6 is 24.0 Å². The second-order valence-electron chi connectivity index (χ2n) is 7.51. The van der Waals surface area contributed by atoms with Gasteiger partial charge in [0.1, 0.15) is 0 Å². The molecule has 26 heavy (non-hydrogen) atoms. The Morgan fingerprint density at radius 3 is 2.58 bits per heavy atom. The summed E-state index contributed by atoms with van der Waals surface area (Å²) in [7, 11) is 0. The average molecular weight is 479 g/mol. The van der Waals surface area contributed by atoms with Crippen LogP contribution in [0.2, 0.25) is 0 Å². The molecule has 2 unspecified atom stereocenters. The van der Waals surface area contributed by atoms with Crippen molar-refractivity contribution in [3.05, 3.63) is 0 Å².